The molecule has 10 heteroatoms. The smallest absolute Gasteiger partial charge is 0.407 e. The van der Waals surface area contributed by atoms with Crippen LogP contribution in [0.4, 0.5) is 4.79 Å². The molecular formula is C61H91N2O7P. The third-order valence-corrected chi connectivity index (χ3v) is 19.9. The van der Waals surface area contributed by atoms with Crippen molar-refractivity contribution in [3.05, 3.63) is 107 Å². The van der Waals surface area contributed by atoms with Gasteiger partial charge < -0.3 is 33.3 Å². The van der Waals surface area contributed by atoms with Gasteiger partial charge in [0.25, 0.3) is 8.53 Å². The molecular weight excluding hydrogens is 904 g/mol. The zero-order valence-electron chi connectivity index (χ0n) is 45.7. The molecule has 4 aliphatic carbocycles. The van der Waals surface area contributed by atoms with E-state index in [1.165, 1.54) is 51.4 Å². The van der Waals surface area contributed by atoms with Crippen LogP contribution in [-0.2, 0) is 24.1 Å². The van der Waals surface area contributed by atoms with Crippen LogP contribution in [0.2, 0.25) is 0 Å². The Bertz CT molecular complexity index is 2090. The maximum atomic E-state index is 13.7. The van der Waals surface area contributed by atoms with Gasteiger partial charge in [0.2, 0.25) is 0 Å². The summed E-state index contributed by atoms with van der Waals surface area (Å²) in [5, 5.41) is 3.15. The number of nitrogens with zero attached hydrogens (tertiary/aromatic N) is 1. The summed E-state index contributed by atoms with van der Waals surface area (Å²) in [5.74, 6) is 6.37. The van der Waals surface area contributed by atoms with Crippen molar-refractivity contribution in [1.82, 2.24) is 9.99 Å². The first kappa shape index (κ1) is 55.3. The summed E-state index contributed by atoms with van der Waals surface area (Å²) in [5.41, 5.74) is 4.19. The molecule has 6 unspecified atom stereocenters. The van der Waals surface area contributed by atoms with E-state index in [4.69, 9.17) is 28.0 Å². The number of alkyl carbamates (subject to hydrolysis) is 1. The number of ether oxygens (including phenoxy) is 4. The van der Waals surface area contributed by atoms with Gasteiger partial charge in [0.1, 0.15) is 23.2 Å². The first-order chi connectivity index (χ1) is 34.1. The molecule has 71 heavy (non-hydrogen) atoms. The number of allylic oxidation sites excluding steroid dienone is 1. The van der Waals surface area contributed by atoms with E-state index in [2.05, 4.69) is 127 Å². The lowest BCUT2D eigenvalue weighted by atomic mass is 9.47. The highest BCUT2D eigenvalue weighted by atomic mass is 31.2. The van der Waals surface area contributed by atoms with Gasteiger partial charge in [-0.15, -0.1) is 0 Å². The molecule has 392 valence electrons. The Labute approximate surface area is 430 Å². The highest BCUT2D eigenvalue weighted by Gasteiger charge is 2.59. The third-order valence-electron chi connectivity index (χ3n) is 17.8. The van der Waals surface area contributed by atoms with Gasteiger partial charge in [0.15, 0.2) is 0 Å². The van der Waals surface area contributed by atoms with Crippen molar-refractivity contribution < 1.29 is 32.8 Å². The van der Waals surface area contributed by atoms with Gasteiger partial charge >= 0.3 is 6.09 Å². The minimum Gasteiger partial charge on any atom is -0.497 e. The summed E-state index contributed by atoms with van der Waals surface area (Å²) < 4.78 is 40.1. The van der Waals surface area contributed by atoms with Crippen LogP contribution < -0.4 is 14.8 Å². The Kier molecular flexibility index (Phi) is 19.2. The number of benzene rings is 3. The predicted octanol–water partition coefficient (Wildman–Crippen LogP) is 15.3. The van der Waals surface area contributed by atoms with Crippen molar-refractivity contribution in [3.63, 3.8) is 0 Å². The monoisotopic (exact) mass is 995 g/mol. The minimum atomic E-state index is -1.41. The largest absolute Gasteiger partial charge is 0.497 e. The summed E-state index contributed by atoms with van der Waals surface area (Å²) in [7, 11) is 3.68. The molecule has 1 N–H and O–H groups in total. The zero-order chi connectivity index (χ0) is 50.9. The average molecular weight is 995 g/mol. The molecule has 3 saturated carbocycles. The number of carbonyl (C=O) groups excluding carboxylic acids is 1. The first-order valence-electron chi connectivity index (χ1n) is 27.5. The van der Waals surface area contributed by atoms with E-state index in [-0.39, 0.29) is 35.8 Å². The lowest BCUT2D eigenvalue weighted by Gasteiger charge is -2.58. The number of hydrogen-bond donors (Lipinski definition) is 1. The zero-order valence-corrected chi connectivity index (χ0v) is 46.6. The average Bonchev–Trinajstić information content (AvgIpc) is 3.72. The van der Waals surface area contributed by atoms with Crippen molar-refractivity contribution in [1.29, 1.82) is 0 Å². The molecule has 0 aliphatic heterocycles. The molecule has 3 aromatic carbocycles. The lowest BCUT2D eigenvalue weighted by molar-refractivity contribution is -0.0581. The molecule has 9 nitrogen and oxygen atoms in total. The third kappa shape index (κ3) is 12.4. The van der Waals surface area contributed by atoms with Crippen LogP contribution in [-0.4, -0.2) is 69.5 Å². The van der Waals surface area contributed by atoms with Crippen molar-refractivity contribution in [3.8, 4) is 11.5 Å². The lowest BCUT2D eigenvalue weighted by Crippen LogP contribution is -2.51. The van der Waals surface area contributed by atoms with Crippen molar-refractivity contribution in [2.24, 2.45) is 46.3 Å². The number of nitrogens with one attached hydrogen (secondary N) is 1. The van der Waals surface area contributed by atoms with E-state index in [1.54, 1.807) is 26.9 Å². The summed E-state index contributed by atoms with van der Waals surface area (Å²) in [6, 6.07) is 27.0. The molecule has 0 spiro atoms. The highest BCUT2D eigenvalue weighted by Crippen LogP contribution is 2.67. The molecule has 4 aliphatic rings. The molecule has 0 aromatic heterocycles. The Morgan fingerprint density at radius 2 is 1.38 bits per heavy atom. The molecule has 3 aromatic rings. The van der Waals surface area contributed by atoms with Crippen LogP contribution in [0.3, 0.4) is 0 Å². The fraction of sp³-hybridized carbons (Fsp3) is 0.656. The maximum absolute atomic E-state index is 13.7. The van der Waals surface area contributed by atoms with Gasteiger partial charge in [0, 0.05) is 32.2 Å². The normalized spacial score (nSPS) is 26.6. The summed E-state index contributed by atoms with van der Waals surface area (Å²) in [6.45, 7) is 22.0. The van der Waals surface area contributed by atoms with Gasteiger partial charge in [-0.05, 0) is 173 Å². The van der Waals surface area contributed by atoms with Crippen molar-refractivity contribution >= 4 is 14.6 Å². The first-order valence-corrected chi connectivity index (χ1v) is 28.6. The Morgan fingerprint density at radius 3 is 1.97 bits per heavy atom. The summed E-state index contributed by atoms with van der Waals surface area (Å²) in [4.78, 5) is 13.7. The Morgan fingerprint density at radius 1 is 0.746 bits per heavy atom. The second kappa shape index (κ2) is 24.7. The van der Waals surface area contributed by atoms with E-state index >= 15 is 0 Å². The van der Waals surface area contributed by atoms with Crippen LogP contribution in [0.25, 0.3) is 0 Å². The van der Waals surface area contributed by atoms with Gasteiger partial charge in [-0.1, -0.05) is 120 Å². The van der Waals surface area contributed by atoms with Gasteiger partial charge in [-0.25, -0.2) is 9.46 Å². The molecule has 7 rings (SSSR count). The van der Waals surface area contributed by atoms with Crippen LogP contribution in [0.15, 0.2) is 90.5 Å². The summed E-state index contributed by atoms with van der Waals surface area (Å²) in [6.07, 6.45) is 16.6. The number of hydrogen-bond acceptors (Lipinski definition) is 8. The van der Waals surface area contributed by atoms with Crippen LogP contribution in [0.1, 0.15) is 162 Å². The van der Waals surface area contributed by atoms with Crippen LogP contribution in [0.5, 0.6) is 11.5 Å². The van der Waals surface area contributed by atoms with Crippen molar-refractivity contribution in [2.45, 2.75) is 176 Å². The fourth-order valence-corrected chi connectivity index (χ4v) is 15.8. The van der Waals surface area contributed by atoms with Crippen LogP contribution >= 0.6 is 8.53 Å². The molecule has 1 amide bonds. The van der Waals surface area contributed by atoms with Gasteiger partial charge in [0.05, 0.1) is 26.9 Å². The standard InChI is InChI=1S/C61H91N2O7P/c1-42(2)17-16-18-45(7)55-31-32-56-54-30-25-49-41-53(33-37-59(49,8)57(54)34-38-60(55,56)9)69-58(64)62-39-35-52(70-71(67-12)63(43(3)4)44(5)6)36-40-68-61(46-19-14-13-15-20-46,47-21-26-50(65-10)27-22-47)48-23-28-51(66-11)29-24-48/h13-15,19-29,42-45,52-57H,16-18,30-41H2,1-12H3,(H,62,64)/t45-,52?,53?,54?,55-,56?,57?,59+,60-,71?/m1/s1. The number of methoxy groups -OCH3 is 2. The second-order valence-corrected chi connectivity index (χ2v) is 24.6. The Balaban J connectivity index is 1.02. The highest BCUT2D eigenvalue weighted by molar-refractivity contribution is 7.44. The predicted molar refractivity (Wildman–Crippen MR) is 290 cm³/mol. The fourth-order valence-electron chi connectivity index (χ4n) is 14.2. The molecule has 10 atom stereocenters. The second-order valence-electron chi connectivity index (χ2n) is 23.1. The molecule has 0 heterocycles. The van der Waals surface area contributed by atoms with Gasteiger partial charge in [-0.3, -0.25) is 0 Å². The minimum absolute atomic E-state index is 0.114. The maximum Gasteiger partial charge on any atom is 0.407 e. The number of amides is 1. The SMILES string of the molecule is COc1ccc(C(OCCC(CCNC(=O)OC2CC[C@@]3(C)C(=CCC4C3CC[C@@]3(C)C4CC[C@@H]3[C@H](C)CCCC(C)C)C2)OP(OC)N(C(C)C)C(C)C)(c2ccccc2)c2ccc(OC)cc2)cc1. The molecule has 3 fully saturated rings. The van der Waals surface area contributed by atoms with E-state index in [0.29, 0.717) is 31.4 Å². The quantitative estimate of drug-likeness (QED) is 0.0539. The van der Waals surface area contributed by atoms with Crippen LogP contribution in [0, 0.1) is 46.3 Å². The number of rotatable bonds is 24. The van der Waals surface area contributed by atoms with E-state index in [0.717, 1.165) is 83.0 Å². The van der Waals surface area contributed by atoms with Crippen molar-refractivity contribution in [2.75, 3.05) is 34.5 Å². The van der Waals surface area contributed by atoms with E-state index < -0.39 is 14.1 Å². The topological polar surface area (TPSA) is 87.7 Å². The van der Waals surface area contributed by atoms with E-state index in [1.807, 2.05) is 30.3 Å². The van der Waals surface area contributed by atoms with E-state index in [9.17, 15) is 4.79 Å². The number of fused-ring (bicyclic) bond motifs is 5. The number of carbonyl (C=O) groups is 1. The summed E-state index contributed by atoms with van der Waals surface area (Å²) >= 11 is 0. The Hall–Kier alpha value is -3.46. The molecule has 0 saturated heterocycles. The molecule has 0 radical (unpaired) electrons. The molecule has 0 bridgehead atoms. The van der Waals surface area contributed by atoms with Gasteiger partial charge in [-0.2, -0.15) is 0 Å².